The average molecular weight is 245 g/mol. The molecule has 17 heavy (non-hydrogen) atoms. The second-order valence-electron chi connectivity index (χ2n) is 4.26. The first-order valence-electron chi connectivity index (χ1n) is 5.84. The van der Waals surface area contributed by atoms with E-state index in [-0.39, 0.29) is 0 Å². The third kappa shape index (κ3) is 2.33. The van der Waals surface area contributed by atoms with Gasteiger partial charge in [0.1, 0.15) is 0 Å². The van der Waals surface area contributed by atoms with Gasteiger partial charge in [-0.25, -0.2) is 0 Å². The lowest BCUT2D eigenvalue weighted by Gasteiger charge is -2.10. The van der Waals surface area contributed by atoms with Crippen LogP contribution in [0.4, 0.5) is 5.69 Å². The van der Waals surface area contributed by atoms with Crippen LogP contribution < -0.4 is 10.6 Å². The number of hydrogen-bond acceptors (Lipinski definition) is 4. The van der Waals surface area contributed by atoms with Crippen LogP contribution >= 0.6 is 11.3 Å². The van der Waals surface area contributed by atoms with E-state index in [2.05, 4.69) is 39.9 Å². The van der Waals surface area contributed by atoms with Crippen LogP contribution in [0.25, 0.3) is 0 Å². The van der Waals surface area contributed by atoms with Crippen molar-refractivity contribution in [1.82, 2.24) is 10.3 Å². The molecule has 0 spiro atoms. The Morgan fingerprint density at radius 1 is 1.41 bits per heavy atom. The van der Waals surface area contributed by atoms with Crippen LogP contribution in [0.2, 0.25) is 0 Å². The molecule has 0 amide bonds. The van der Waals surface area contributed by atoms with Gasteiger partial charge in [0.15, 0.2) is 0 Å². The Morgan fingerprint density at radius 2 is 2.35 bits per heavy atom. The summed E-state index contributed by atoms with van der Waals surface area (Å²) in [6, 6.07) is 8.56. The van der Waals surface area contributed by atoms with Crippen molar-refractivity contribution in [3.05, 3.63) is 46.4 Å². The summed E-state index contributed by atoms with van der Waals surface area (Å²) in [5.74, 6) is 0.583. The Morgan fingerprint density at radius 3 is 3.24 bits per heavy atom. The van der Waals surface area contributed by atoms with Crippen LogP contribution in [0.15, 0.2) is 36.0 Å². The number of benzene rings is 1. The molecule has 3 nitrogen and oxygen atoms in total. The summed E-state index contributed by atoms with van der Waals surface area (Å²) in [6.07, 6.45) is 1.93. The predicted octanol–water partition coefficient (Wildman–Crippen LogP) is 2.44. The number of nitrogens with one attached hydrogen (secondary N) is 2. The maximum Gasteiger partial charge on any atom is 0.0794 e. The number of nitrogens with zero attached hydrogens (tertiary/aromatic N) is 1. The molecule has 1 aliphatic rings. The van der Waals surface area contributed by atoms with Crippen molar-refractivity contribution in [2.24, 2.45) is 0 Å². The number of fused-ring (bicyclic) bond motifs is 1. The number of anilines is 1. The average Bonchev–Trinajstić information content (AvgIpc) is 2.99. The summed E-state index contributed by atoms with van der Waals surface area (Å²) in [7, 11) is 0. The molecule has 0 saturated carbocycles. The summed E-state index contributed by atoms with van der Waals surface area (Å²) >= 11 is 1.70. The Balaban J connectivity index is 1.57. The van der Waals surface area contributed by atoms with E-state index in [0.717, 1.165) is 19.6 Å². The lowest BCUT2D eigenvalue weighted by molar-refractivity contribution is 0.616. The molecule has 2 heterocycles. The van der Waals surface area contributed by atoms with Crippen LogP contribution in [-0.2, 0) is 6.54 Å². The smallest absolute Gasteiger partial charge is 0.0794 e. The minimum Gasteiger partial charge on any atom is -0.384 e. The maximum atomic E-state index is 4.07. The molecule has 1 unspecified atom stereocenters. The molecule has 0 fully saturated rings. The third-order valence-corrected chi connectivity index (χ3v) is 3.89. The minimum atomic E-state index is 0.583. The Hall–Kier alpha value is -1.39. The van der Waals surface area contributed by atoms with Gasteiger partial charge >= 0.3 is 0 Å². The van der Waals surface area contributed by atoms with Gasteiger partial charge in [0.25, 0.3) is 0 Å². The molecule has 1 aliphatic heterocycles. The summed E-state index contributed by atoms with van der Waals surface area (Å²) in [5, 5.41) is 6.95. The normalized spacial score (nSPS) is 17.8. The first-order valence-corrected chi connectivity index (χ1v) is 6.72. The highest BCUT2D eigenvalue weighted by Crippen LogP contribution is 2.30. The van der Waals surface area contributed by atoms with Crippen LogP contribution in [0.5, 0.6) is 0 Å². The summed E-state index contributed by atoms with van der Waals surface area (Å²) in [5.41, 5.74) is 4.60. The lowest BCUT2D eigenvalue weighted by Crippen LogP contribution is -2.21. The first kappa shape index (κ1) is 10.7. The van der Waals surface area contributed by atoms with Crippen molar-refractivity contribution in [2.45, 2.75) is 12.5 Å². The van der Waals surface area contributed by atoms with Gasteiger partial charge in [0, 0.05) is 42.3 Å². The van der Waals surface area contributed by atoms with E-state index in [4.69, 9.17) is 0 Å². The molecule has 2 aromatic rings. The molecular weight excluding hydrogens is 230 g/mol. The van der Waals surface area contributed by atoms with Crippen LogP contribution in [0.1, 0.15) is 16.4 Å². The van der Waals surface area contributed by atoms with Gasteiger partial charge in [-0.2, -0.15) is 0 Å². The Bertz CT molecular complexity index is 481. The predicted molar refractivity (Wildman–Crippen MR) is 71.5 cm³/mol. The fraction of sp³-hybridized carbons (Fsp3) is 0.308. The molecule has 3 rings (SSSR count). The Labute approximate surface area is 105 Å². The molecule has 88 valence electrons. The molecule has 0 radical (unpaired) electrons. The zero-order chi connectivity index (χ0) is 11.5. The summed E-state index contributed by atoms with van der Waals surface area (Å²) in [6.45, 7) is 2.97. The van der Waals surface area contributed by atoms with Gasteiger partial charge in [0.05, 0.1) is 5.51 Å². The number of hydrogen-bond donors (Lipinski definition) is 2. The van der Waals surface area contributed by atoms with Crippen LogP contribution in [0.3, 0.4) is 0 Å². The van der Waals surface area contributed by atoms with E-state index in [0.29, 0.717) is 5.92 Å². The highest BCUT2D eigenvalue weighted by molar-refractivity contribution is 7.09. The van der Waals surface area contributed by atoms with Crippen molar-refractivity contribution >= 4 is 17.0 Å². The zero-order valence-corrected chi connectivity index (χ0v) is 10.3. The largest absolute Gasteiger partial charge is 0.384 e. The number of para-hydroxylation sites is 1. The first-order chi connectivity index (χ1) is 8.43. The zero-order valence-electron chi connectivity index (χ0n) is 9.52. The molecular formula is C13H15N3S. The van der Waals surface area contributed by atoms with E-state index in [1.165, 1.54) is 16.1 Å². The van der Waals surface area contributed by atoms with Gasteiger partial charge < -0.3 is 10.6 Å². The van der Waals surface area contributed by atoms with Crippen molar-refractivity contribution in [2.75, 3.05) is 18.4 Å². The second-order valence-corrected chi connectivity index (χ2v) is 5.23. The van der Waals surface area contributed by atoms with Crippen molar-refractivity contribution in [1.29, 1.82) is 0 Å². The van der Waals surface area contributed by atoms with Crippen molar-refractivity contribution in [3.63, 3.8) is 0 Å². The third-order valence-electron chi connectivity index (χ3n) is 3.11. The molecule has 2 N–H and O–H groups in total. The number of rotatable bonds is 4. The van der Waals surface area contributed by atoms with E-state index >= 15 is 0 Å². The van der Waals surface area contributed by atoms with E-state index < -0.39 is 0 Å². The van der Waals surface area contributed by atoms with Crippen LogP contribution in [-0.4, -0.2) is 18.1 Å². The number of aromatic nitrogens is 1. The lowest BCUT2D eigenvalue weighted by atomic mass is 10.0. The van der Waals surface area contributed by atoms with E-state index in [1.54, 1.807) is 11.3 Å². The van der Waals surface area contributed by atoms with Gasteiger partial charge in [-0.3, -0.25) is 4.98 Å². The van der Waals surface area contributed by atoms with E-state index in [9.17, 15) is 0 Å². The highest BCUT2D eigenvalue weighted by Gasteiger charge is 2.20. The summed E-state index contributed by atoms with van der Waals surface area (Å²) < 4.78 is 0. The highest BCUT2D eigenvalue weighted by atomic mass is 32.1. The van der Waals surface area contributed by atoms with Gasteiger partial charge in [-0.05, 0) is 11.6 Å². The molecule has 0 aliphatic carbocycles. The van der Waals surface area contributed by atoms with Crippen molar-refractivity contribution < 1.29 is 0 Å². The number of thiazole rings is 1. The SMILES string of the molecule is c1ccc2c(c1)NCC2CNCc1cncs1. The second kappa shape index (κ2) is 4.85. The quantitative estimate of drug-likeness (QED) is 0.868. The fourth-order valence-corrected chi connectivity index (χ4v) is 2.80. The maximum absolute atomic E-state index is 4.07. The topological polar surface area (TPSA) is 37.0 Å². The molecule has 1 aromatic carbocycles. The molecule has 0 saturated heterocycles. The van der Waals surface area contributed by atoms with Gasteiger partial charge in [-0.1, -0.05) is 18.2 Å². The summed E-state index contributed by atoms with van der Waals surface area (Å²) in [4.78, 5) is 5.37. The fourth-order valence-electron chi connectivity index (χ4n) is 2.24. The minimum absolute atomic E-state index is 0.583. The van der Waals surface area contributed by atoms with Crippen LogP contribution in [0, 0.1) is 0 Å². The monoisotopic (exact) mass is 245 g/mol. The molecule has 4 heteroatoms. The van der Waals surface area contributed by atoms with Gasteiger partial charge in [0.2, 0.25) is 0 Å². The molecule has 1 aromatic heterocycles. The van der Waals surface area contributed by atoms with Crippen molar-refractivity contribution in [3.8, 4) is 0 Å². The molecule has 0 bridgehead atoms. The standard InChI is InChI=1S/C13H15N3S/c1-2-4-13-12(3-1)10(6-16-13)5-14-7-11-8-15-9-17-11/h1-4,8-10,14,16H,5-7H2. The molecule has 1 atom stereocenters. The van der Waals surface area contributed by atoms with Gasteiger partial charge in [-0.15, -0.1) is 11.3 Å². The Kier molecular flexibility index (Phi) is 3.07. The van der Waals surface area contributed by atoms with E-state index in [1.807, 2.05) is 11.7 Å².